The van der Waals surface area contributed by atoms with Gasteiger partial charge in [-0.3, -0.25) is 14.8 Å². The summed E-state index contributed by atoms with van der Waals surface area (Å²) in [7, 11) is 0. The average molecular weight is 379 g/mol. The van der Waals surface area contributed by atoms with E-state index in [4.69, 9.17) is 4.99 Å². The molecule has 2 aliphatic heterocycles. The van der Waals surface area contributed by atoms with Crippen LogP contribution in [0, 0.1) is 0 Å². The third kappa shape index (κ3) is 6.06. The Labute approximate surface area is 166 Å². The summed E-state index contributed by atoms with van der Waals surface area (Å²) in [5, 5.41) is 7.18. The first kappa shape index (κ1) is 20.9. The van der Waals surface area contributed by atoms with Crippen LogP contribution in [0.15, 0.2) is 4.99 Å². The molecule has 0 amide bonds. The van der Waals surface area contributed by atoms with Gasteiger partial charge in [0.05, 0.1) is 6.54 Å². The molecule has 0 bridgehead atoms. The van der Waals surface area contributed by atoms with Crippen molar-refractivity contribution in [3.63, 3.8) is 0 Å². The van der Waals surface area contributed by atoms with Crippen molar-refractivity contribution < 1.29 is 0 Å². The van der Waals surface area contributed by atoms with Crippen LogP contribution in [-0.2, 0) is 0 Å². The summed E-state index contributed by atoms with van der Waals surface area (Å²) in [6.45, 7) is 16.9. The van der Waals surface area contributed by atoms with Gasteiger partial charge in [-0.25, -0.2) is 0 Å². The van der Waals surface area contributed by atoms with Gasteiger partial charge in [0.15, 0.2) is 5.96 Å². The molecule has 1 saturated carbocycles. The predicted octanol–water partition coefficient (Wildman–Crippen LogP) is 1.58. The summed E-state index contributed by atoms with van der Waals surface area (Å²) in [4.78, 5) is 12.8. The van der Waals surface area contributed by atoms with E-state index in [1.165, 1.54) is 77.9 Å². The normalized spacial score (nSPS) is 28.0. The molecule has 3 fully saturated rings. The second-order valence-corrected chi connectivity index (χ2v) is 8.60. The summed E-state index contributed by atoms with van der Waals surface area (Å²) in [5.41, 5.74) is 0. The molecule has 2 saturated heterocycles. The number of aliphatic imine (C=N–C) groups is 1. The molecular weight excluding hydrogens is 336 g/mol. The van der Waals surface area contributed by atoms with E-state index in [9.17, 15) is 0 Å². The number of piperazine rings is 1. The van der Waals surface area contributed by atoms with Crippen LogP contribution in [0.1, 0.15) is 52.9 Å². The highest BCUT2D eigenvalue weighted by molar-refractivity contribution is 5.80. The highest BCUT2D eigenvalue weighted by atomic mass is 15.3. The Morgan fingerprint density at radius 3 is 2.44 bits per heavy atom. The van der Waals surface area contributed by atoms with E-state index in [1.54, 1.807) is 0 Å². The Kier molecular flexibility index (Phi) is 8.22. The smallest absolute Gasteiger partial charge is 0.191 e. The molecule has 2 heterocycles. The molecule has 6 heteroatoms. The first-order valence-electron chi connectivity index (χ1n) is 11.4. The van der Waals surface area contributed by atoms with Crippen LogP contribution in [0.4, 0.5) is 0 Å². The second kappa shape index (κ2) is 10.6. The maximum atomic E-state index is 4.93. The van der Waals surface area contributed by atoms with Crippen LogP contribution in [0.2, 0.25) is 0 Å². The SMILES string of the molecule is CCNC(=NCC(C)N1CCN(CC)CC1)NC1CCN(C2CCCC2)C1. The fourth-order valence-corrected chi connectivity index (χ4v) is 4.88. The van der Waals surface area contributed by atoms with Crippen molar-refractivity contribution in [3.8, 4) is 0 Å². The quantitative estimate of drug-likeness (QED) is 0.520. The highest BCUT2D eigenvalue weighted by Crippen LogP contribution is 2.26. The number of hydrogen-bond acceptors (Lipinski definition) is 4. The van der Waals surface area contributed by atoms with E-state index in [1.807, 2.05) is 0 Å². The molecule has 0 radical (unpaired) electrons. The number of rotatable bonds is 7. The molecule has 0 spiro atoms. The lowest BCUT2D eigenvalue weighted by atomic mass is 10.2. The third-order valence-electron chi connectivity index (χ3n) is 6.74. The summed E-state index contributed by atoms with van der Waals surface area (Å²) in [5.74, 6) is 1.01. The zero-order chi connectivity index (χ0) is 19.1. The predicted molar refractivity (Wildman–Crippen MR) is 114 cm³/mol. The lowest BCUT2D eigenvalue weighted by Gasteiger charge is -2.37. The van der Waals surface area contributed by atoms with E-state index in [0.717, 1.165) is 25.1 Å². The van der Waals surface area contributed by atoms with Crippen LogP contribution in [0.5, 0.6) is 0 Å². The number of nitrogens with one attached hydrogen (secondary N) is 2. The molecule has 6 nitrogen and oxygen atoms in total. The standard InChI is InChI=1S/C21H42N6/c1-4-22-21(23-16-18(3)26-14-12-25(5-2)13-15-26)24-19-10-11-27(17-19)20-8-6-7-9-20/h18-20H,4-17H2,1-3H3,(H2,22,23,24). The Morgan fingerprint density at radius 2 is 1.78 bits per heavy atom. The molecular formula is C21H42N6. The maximum Gasteiger partial charge on any atom is 0.191 e. The van der Waals surface area contributed by atoms with Crippen LogP contribution >= 0.6 is 0 Å². The number of nitrogens with zero attached hydrogens (tertiary/aromatic N) is 4. The third-order valence-corrected chi connectivity index (χ3v) is 6.74. The maximum absolute atomic E-state index is 4.93. The minimum Gasteiger partial charge on any atom is -0.357 e. The molecule has 3 rings (SSSR count). The Balaban J connectivity index is 1.45. The van der Waals surface area contributed by atoms with Gasteiger partial charge in [-0.05, 0) is 39.7 Å². The average Bonchev–Trinajstić information content (AvgIpc) is 3.38. The van der Waals surface area contributed by atoms with Crippen molar-refractivity contribution in [1.29, 1.82) is 0 Å². The Hall–Kier alpha value is -0.850. The van der Waals surface area contributed by atoms with Crippen molar-refractivity contribution in [3.05, 3.63) is 0 Å². The monoisotopic (exact) mass is 378 g/mol. The van der Waals surface area contributed by atoms with E-state index in [2.05, 4.69) is 46.1 Å². The van der Waals surface area contributed by atoms with Gasteiger partial charge < -0.3 is 15.5 Å². The minimum absolute atomic E-state index is 0.512. The van der Waals surface area contributed by atoms with Gasteiger partial charge in [0.2, 0.25) is 0 Å². The fourth-order valence-electron chi connectivity index (χ4n) is 4.88. The zero-order valence-corrected chi connectivity index (χ0v) is 17.9. The molecule has 1 aliphatic carbocycles. The lowest BCUT2D eigenvalue weighted by Crippen LogP contribution is -2.50. The highest BCUT2D eigenvalue weighted by Gasteiger charge is 2.30. The van der Waals surface area contributed by atoms with Gasteiger partial charge in [-0.15, -0.1) is 0 Å². The van der Waals surface area contributed by atoms with Gasteiger partial charge in [0.1, 0.15) is 0 Å². The minimum atomic E-state index is 0.512. The number of likely N-dealkylation sites (tertiary alicyclic amines) is 1. The number of guanidine groups is 1. The molecule has 0 aromatic heterocycles. The largest absolute Gasteiger partial charge is 0.357 e. The van der Waals surface area contributed by atoms with Gasteiger partial charge in [0, 0.05) is 63.9 Å². The second-order valence-electron chi connectivity index (χ2n) is 8.60. The van der Waals surface area contributed by atoms with Gasteiger partial charge in [-0.1, -0.05) is 19.8 Å². The van der Waals surface area contributed by atoms with Crippen molar-refractivity contribution in [1.82, 2.24) is 25.3 Å². The summed E-state index contributed by atoms with van der Waals surface area (Å²) < 4.78 is 0. The number of likely N-dealkylation sites (N-methyl/N-ethyl adjacent to an activating group) is 1. The Morgan fingerprint density at radius 1 is 1.04 bits per heavy atom. The molecule has 2 N–H and O–H groups in total. The van der Waals surface area contributed by atoms with Crippen LogP contribution in [-0.4, -0.2) is 97.7 Å². The molecule has 2 atom stereocenters. The molecule has 3 aliphatic rings. The van der Waals surface area contributed by atoms with Crippen LogP contribution in [0.25, 0.3) is 0 Å². The van der Waals surface area contributed by atoms with Crippen molar-refractivity contribution in [2.75, 3.05) is 58.9 Å². The number of hydrogen-bond donors (Lipinski definition) is 2. The van der Waals surface area contributed by atoms with Crippen molar-refractivity contribution in [2.24, 2.45) is 4.99 Å². The molecule has 27 heavy (non-hydrogen) atoms. The molecule has 156 valence electrons. The lowest BCUT2D eigenvalue weighted by molar-refractivity contribution is 0.109. The zero-order valence-electron chi connectivity index (χ0n) is 17.9. The van der Waals surface area contributed by atoms with Crippen LogP contribution in [0.3, 0.4) is 0 Å². The van der Waals surface area contributed by atoms with Crippen molar-refractivity contribution >= 4 is 5.96 Å². The Bertz CT molecular complexity index is 454. The van der Waals surface area contributed by atoms with Gasteiger partial charge >= 0.3 is 0 Å². The molecule has 0 aromatic rings. The van der Waals surface area contributed by atoms with E-state index >= 15 is 0 Å². The molecule has 2 unspecified atom stereocenters. The van der Waals surface area contributed by atoms with E-state index in [-0.39, 0.29) is 0 Å². The fraction of sp³-hybridized carbons (Fsp3) is 0.952. The van der Waals surface area contributed by atoms with E-state index in [0.29, 0.717) is 12.1 Å². The first-order chi connectivity index (χ1) is 13.2. The first-order valence-corrected chi connectivity index (χ1v) is 11.4. The topological polar surface area (TPSA) is 46.1 Å². The van der Waals surface area contributed by atoms with Gasteiger partial charge in [-0.2, -0.15) is 0 Å². The van der Waals surface area contributed by atoms with Crippen molar-refractivity contribution in [2.45, 2.75) is 71.0 Å². The van der Waals surface area contributed by atoms with Crippen LogP contribution < -0.4 is 10.6 Å². The summed E-state index contributed by atoms with van der Waals surface area (Å²) >= 11 is 0. The summed E-state index contributed by atoms with van der Waals surface area (Å²) in [6, 6.07) is 1.91. The van der Waals surface area contributed by atoms with Gasteiger partial charge in [0.25, 0.3) is 0 Å². The molecule has 0 aromatic carbocycles. The van der Waals surface area contributed by atoms with E-state index < -0.39 is 0 Å². The summed E-state index contributed by atoms with van der Waals surface area (Å²) in [6.07, 6.45) is 6.91.